The third-order valence-corrected chi connectivity index (χ3v) is 9.46. The summed E-state index contributed by atoms with van der Waals surface area (Å²) in [5.74, 6) is 0. The Labute approximate surface area is 209 Å². The first-order valence-electron chi connectivity index (χ1n) is 13.5. The van der Waals surface area contributed by atoms with Gasteiger partial charge in [0, 0.05) is 5.41 Å². The van der Waals surface area contributed by atoms with Gasteiger partial charge in [-0.3, -0.25) is 0 Å². The van der Waals surface area contributed by atoms with E-state index in [9.17, 15) is 0 Å². The van der Waals surface area contributed by atoms with E-state index in [0.29, 0.717) is 0 Å². The van der Waals surface area contributed by atoms with Gasteiger partial charge in [-0.05, 0) is 67.2 Å². The fourth-order valence-electron chi connectivity index (χ4n) is 5.98. The van der Waals surface area contributed by atoms with E-state index in [1.807, 2.05) is 0 Å². The van der Waals surface area contributed by atoms with Gasteiger partial charge in [0.1, 0.15) is 0 Å². The summed E-state index contributed by atoms with van der Waals surface area (Å²) in [4.78, 5) is 0. The number of fused-ring (bicyclic) bond motifs is 3. The Morgan fingerprint density at radius 1 is 0.676 bits per heavy atom. The Balaban J connectivity index is 1.69. The molecule has 0 saturated carbocycles. The van der Waals surface area contributed by atoms with Crippen LogP contribution in [0, 0.1) is 0 Å². The predicted octanol–water partition coefficient (Wildman–Crippen LogP) is 7.95. The fraction of sp³-hybridized carbons (Fsp3) is 0.613. The van der Waals surface area contributed by atoms with Gasteiger partial charge in [0.05, 0.1) is 11.2 Å². The molecule has 4 rings (SSSR count). The molecule has 0 aromatic heterocycles. The van der Waals surface area contributed by atoms with Crippen LogP contribution in [-0.4, -0.2) is 18.3 Å². The Hall–Kier alpha value is -1.58. The third-order valence-electron chi connectivity index (χ3n) is 9.46. The summed E-state index contributed by atoms with van der Waals surface area (Å²) in [6.45, 7) is 18.2. The summed E-state index contributed by atoms with van der Waals surface area (Å²) in [6, 6.07) is 16.0. The lowest BCUT2D eigenvalue weighted by molar-refractivity contribution is 0.00578. The summed E-state index contributed by atoms with van der Waals surface area (Å²) < 4.78 is 12.8. The molecular formula is C31H45BO2. The molecule has 0 spiro atoms. The Bertz CT molecular complexity index is 1010. The monoisotopic (exact) mass is 460 g/mol. The Kier molecular flexibility index (Phi) is 6.86. The minimum atomic E-state index is -0.331. The van der Waals surface area contributed by atoms with Crippen LogP contribution in [0.2, 0.25) is 0 Å². The van der Waals surface area contributed by atoms with Crippen molar-refractivity contribution in [3.8, 4) is 11.1 Å². The van der Waals surface area contributed by atoms with Gasteiger partial charge < -0.3 is 9.31 Å². The molecule has 0 bridgehead atoms. The topological polar surface area (TPSA) is 18.5 Å². The second-order valence-corrected chi connectivity index (χ2v) is 12.4. The molecule has 2 aromatic carbocycles. The molecule has 0 amide bonds. The second kappa shape index (κ2) is 9.14. The standard InChI is InChI=1S/C31H45BO2/c1-9-10-11-12-13-16-21-31(8)26-18-15-14-17-24(26)25-20-19-23(22-27(25)28(31,2)3)32-33-29(4,5)30(6,7)34-32/h14-15,17-20,22H,9-13,16,21H2,1-8H3. The zero-order valence-electron chi connectivity index (χ0n) is 22.9. The lowest BCUT2D eigenvalue weighted by Crippen LogP contribution is -2.47. The number of benzene rings is 2. The zero-order chi connectivity index (χ0) is 24.8. The maximum absolute atomic E-state index is 6.42. The number of unbranched alkanes of at least 4 members (excludes halogenated alkanes) is 5. The highest BCUT2D eigenvalue weighted by molar-refractivity contribution is 6.62. The summed E-state index contributed by atoms with van der Waals surface area (Å²) in [5.41, 5.74) is 6.23. The summed E-state index contributed by atoms with van der Waals surface area (Å²) in [5, 5.41) is 0. The summed E-state index contributed by atoms with van der Waals surface area (Å²) in [7, 11) is -0.326. The molecule has 1 aliphatic heterocycles. The molecule has 1 aliphatic carbocycles. The van der Waals surface area contributed by atoms with E-state index >= 15 is 0 Å². The van der Waals surface area contributed by atoms with Crippen LogP contribution in [0.1, 0.15) is 111 Å². The number of rotatable bonds is 8. The van der Waals surface area contributed by atoms with Crippen molar-refractivity contribution in [2.75, 3.05) is 0 Å². The minimum absolute atomic E-state index is 0.000243. The van der Waals surface area contributed by atoms with E-state index in [1.165, 1.54) is 67.2 Å². The second-order valence-electron chi connectivity index (χ2n) is 12.4. The molecule has 1 atom stereocenters. The van der Waals surface area contributed by atoms with Gasteiger partial charge in [-0.1, -0.05) is 109 Å². The molecule has 1 fully saturated rings. The number of hydrogen-bond donors (Lipinski definition) is 0. The minimum Gasteiger partial charge on any atom is -0.399 e. The normalized spacial score (nSPS) is 24.1. The van der Waals surface area contributed by atoms with Crippen molar-refractivity contribution in [3.05, 3.63) is 53.6 Å². The summed E-state index contributed by atoms with van der Waals surface area (Å²) in [6.07, 6.45) is 9.21. The zero-order valence-corrected chi connectivity index (χ0v) is 22.9. The highest BCUT2D eigenvalue weighted by atomic mass is 16.7. The van der Waals surface area contributed by atoms with Crippen molar-refractivity contribution in [2.45, 2.75) is 122 Å². The van der Waals surface area contributed by atoms with Crippen LogP contribution in [0.4, 0.5) is 0 Å². The molecule has 184 valence electrons. The molecule has 0 N–H and O–H groups in total. The Morgan fingerprint density at radius 3 is 1.94 bits per heavy atom. The van der Waals surface area contributed by atoms with Gasteiger partial charge in [-0.2, -0.15) is 0 Å². The molecule has 1 saturated heterocycles. The first kappa shape index (κ1) is 25.5. The van der Waals surface area contributed by atoms with E-state index in [0.717, 1.165) is 5.46 Å². The van der Waals surface area contributed by atoms with E-state index in [2.05, 4.69) is 97.9 Å². The van der Waals surface area contributed by atoms with Crippen LogP contribution in [0.3, 0.4) is 0 Å². The van der Waals surface area contributed by atoms with E-state index in [4.69, 9.17) is 9.31 Å². The first-order chi connectivity index (χ1) is 15.9. The van der Waals surface area contributed by atoms with Crippen molar-refractivity contribution < 1.29 is 9.31 Å². The van der Waals surface area contributed by atoms with Gasteiger partial charge in [0.2, 0.25) is 0 Å². The van der Waals surface area contributed by atoms with Crippen LogP contribution in [-0.2, 0) is 20.1 Å². The van der Waals surface area contributed by atoms with Gasteiger partial charge in [0.25, 0.3) is 0 Å². The van der Waals surface area contributed by atoms with Crippen LogP contribution >= 0.6 is 0 Å². The van der Waals surface area contributed by atoms with Gasteiger partial charge in [0.15, 0.2) is 0 Å². The maximum atomic E-state index is 6.42. The van der Waals surface area contributed by atoms with Crippen LogP contribution < -0.4 is 5.46 Å². The molecule has 34 heavy (non-hydrogen) atoms. The largest absolute Gasteiger partial charge is 0.494 e. The highest BCUT2D eigenvalue weighted by Gasteiger charge is 2.53. The lowest BCUT2D eigenvalue weighted by Gasteiger charge is -2.51. The van der Waals surface area contributed by atoms with Crippen molar-refractivity contribution in [3.63, 3.8) is 0 Å². The molecular weight excluding hydrogens is 415 g/mol. The van der Waals surface area contributed by atoms with Gasteiger partial charge >= 0.3 is 7.12 Å². The predicted molar refractivity (Wildman–Crippen MR) is 146 cm³/mol. The lowest BCUT2D eigenvalue weighted by atomic mass is 9.52. The van der Waals surface area contributed by atoms with Crippen molar-refractivity contribution in [2.24, 2.45) is 0 Å². The van der Waals surface area contributed by atoms with Crippen LogP contribution in [0.15, 0.2) is 42.5 Å². The Morgan fingerprint density at radius 2 is 1.26 bits per heavy atom. The number of hydrogen-bond acceptors (Lipinski definition) is 2. The maximum Gasteiger partial charge on any atom is 0.494 e. The van der Waals surface area contributed by atoms with Crippen molar-refractivity contribution in [1.82, 2.24) is 0 Å². The molecule has 1 unspecified atom stereocenters. The molecule has 1 heterocycles. The van der Waals surface area contributed by atoms with Crippen LogP contribution in [0.5, 0.6) is 0 Å². The highest BCUT2D eigenvalue weighted by Crippen LogP contribution is 2.55. The average Bonchev–Trinajstić information content (AvgIpc) is 3.01. The van der Waals surface area contributed by atoms with Crippen molar-refractivity contribution in [1.29, 1.82) is 0 Å². The SMILES string of the molecule is CCCCCCCCC1(C)c2ccccc2-c2ccc(B3OC(C)(C)C(C)(C)O3)cc2C1(C)C. The summed E-state index contributed by atoms with van der Waals surface area (Å²) >= 11 is 0. The van der Waals surface area contributed by atoms with Gasteiger partial charge in [-0.15, -0.1) is 0 Å². The molecule has 0 radical (unpaired) electrons. The molecule has 2 aromatic rings. The third kappa shape index (κ3) is 4.18. The molecule has 2 aliphatic rings. The molecule has 3 heteroatoms. The average molecular weight is 461 g/mol. The van der Waals surface area contributed by atoms with Crippen molar-refractivity contribution >= 4 is 12.6 Å². The fourth-order valence-corrected chi connectivity index (χ4v) is 5.98. The van der Waals surface area contributed by atoms with E-state index in [-0.39, 0.29) is 29.2 Å². The van der Waals surface area contributed by atoms with Crippen LogP contribution in [0.25, 0.3) is 11.1 Å². The molecule has 2 nitrogen and oxygen atoms in total. The van der Waals surface area contributed by atoms with E-state index in [1.54, 1.807) is 0 Å². The quantitative estimate of drug-likeness (QED) is 0.294. The smallest absolute Gasteiger partial charge is 0.399 e. The van der Waals surface area contributed by atoms with Gasteiger partial charge in [-0.25, -0.2) is 0 Å². The van der Waals surface area contributed by atoms with E-state index < -0.39 is 0 Å². The first-order valence-corrected chi connectivity index (χ1v) is 13.5.